The van der Waals surface area contributed by atoms with Crippen molar-refractivity contribution in [3.05, 3.63) is 49.6 Å². The summed E-state index contributed by atoms with van der Waals surface area (Å²) in [5.41, 5.74) is 0. The van der Waals surface area contributed by atoms with Gasteiger partial charge in [-0.05, 0) is 105 Å². The van der Waals surface area contributed by atoms with E-state index in [9.17, 15) is 4.79 Å². The van der Waals surface area contributed by atoms with Gasteiger partial charge in [0.25, 0.3) is 0 Å². The number of hydrogen-bond donors (Lipinski definition) is 0. The number of ether oxygens (including phenoxy) is 2. The van der Waals surface area contributed by atoms with Crippen LogP contribution in [0.1, 0.15) is 77.0 Å². The molecule has 0 spiro atoms. The van der Waals surface area contributed by atoms with Crippen molar-refractivity contribution in [2.45, 2.75) is 77.0 Å². The lowest BCUT2D eigenvalue weighted by Crippen LogP contribution is -2.40. The average Bonchev–Trinajstić information content (AvgIpc) is 2.86. The summed E-state index contributed by atoms with van der Waals surface area (Å²) in [5, 5.41) is 0. The highest BCUT2D eigenvalue weighted by Gasteiger charge is 2.43. The fourth-order valence-electron chi connectivity index (χ4n) is 6.97. The molecule has 3 heteroatoms. The lowest BCUT2D eigenvalue weighted by molar-refractivity contribution is -0.144. The van der Waals surface area contributed by atoms with Gasteiger partial charge in [-0.15, -0.1) is 6.58 Å². The normalized spacial score (nSPS) is 31.8. The van der Waals surface area contributed by atoms with E-state index in [1.807, 2.05) is 24.3 Å². The zero-order valence-corrected chi connectivity index (χ0v) is 20.3. The minimum atomic E-state index is -0.0226. The van der Waals surface area contributed by atoms with E-state index in [1.165, 1.54) is 64.2 Å². The number of fused-ring (bicyclic) bond motifs is 1. The Morgan fingerprint density at radius 2 is 1.58 bits per heavy atom. The van der Waals surface area contributed by atoms with Crippen molar-refractivity contribution < 1.29 is 14.3 Å². The highest BCUT2D eigenvalue weighted by atomic mass is 16.5. The average molecular weight is 451 g/mol. The van der Waals surface area contributed by atoms with E-state index in [-0.39, 0.29) is 11.9 Å². The second-order valence-corrected chi connectivity index (χ2v) is 10.7. The molecule has 1 aromatic carbocycles. The van der Waals surface area contributed by atoms with Gasteiger partial charge < -0.3 is 9.47 Å². The summed E-state index contributed by atoms with van der Waals surface area (Å²) < 4.78 is 11.4. The molecule has 3 aliphatic carbocycles. The minimum Gasteiger partial charge on any atom is -0.490 e. The molecule has 3 fully saturated rings. The smallest absolute Gasteiger partial charge is 0.314 e. The molecule has 4 atom stereocenters. The second kappa shape index (κ2) is 11.9. The van der Waals surface area contributed by atoms with Crippen LogP contribution < -0.4 is 9.47 Å². The van der Waals surface area contributed by atoms with Crippen molar-refractivity contribution in [1.29, 1.82) is 0 Å². The summed E-state index contributed by atoms with van der Waals surface area (Å²) in [6, 6.07) is 7.37. The maximum atomic E-state index is 13.1. The first kappa shape index (κ1) is 24.1. The standard InChI is InChI=1S/C30H42O3/c1-3-5-7-22-10-12-23(13-11-22)24-14-19-28-25(21-24)8-6-9-29(28)30(31)33-27-17-15-26(16-18-27)32-20-4-2/h3-4,15-18,22-25,28-29H,1-2,5-14,19-21H2. The van der Waals surface area contributed by atoms with Gasteiger partial charge in [-0.2, -0.15) is 0 Å². The number of carbonyl (C=O) groups is 1. The van der Waals surface area contributed by atoms with Crippen LogP contribution in [-0.2, 0) is 4.79 Å². The Hall–Kier alpha value is -2.03. The molecule has 1 aromatic rings. The first-order valence-electron chi connectivity index (χ1n) is 13.3. The van der Waals surface area contributed by atoms with Gasteiger partial charge in [0, 0.05) is 0 Å². The summed E-state index contributed by atoms with van der Waals surface area (Å²) >= 11 is 0. The summed E-state index contributed by atoms with van der Waals surface area (Å²) in [7, 11) is 0. The Morgan fingerprint density at radius 1 is 0.848 bits per heavy atom. The maximum Gasteiger partial charge on any atom is 0.314 e. The topological polar surface area (TPSA) is 35.5 Å². The van der Waals surface area contributed by atoms with Gasteiger partial charge in [-0.1, -0.05) is 44.4 Å². The van der Waals surface area contributed by atoms with E-state index in [1.54, 1.807) is 6.08 Å². The minimum absolute atomic E-state index is 0.0226. The summed E-state index contributed by atoms with van der Waals surface area (Å²) in [6.07, 6.45) is 19.3. The molecular weight excluding hydrogens is 408 g/mol. The predicted octanol–water partition coefficient (Wildman–Crippen LogP) is 7.76. The fraction of sp³-hybridized carbons (Fsp3) is 0.633. The highest BCUT2D eigenvalue weighted by Crippen LogP contribution is 2.50. The highest BCUT2D eigenvalue weighted by molar-refractivity contribution is 5.75. The van der Waals surface area contributed by atoms with Crippen molar-refractivity contribution in [3.8, 4) is 11.5 Å². The van der Waals surface area contributed by atoms with Crippen molar-refractivity contribution in [2.75, 3.05) is 6.61 Å². The summed E-state index contributed by atoms with van der Waals surface area (Å²) in [6.45, 7) is 8.02. The first-order valence-corrected chi connectivity index (χ1v) is 13.3. The second-order valence-electron chi connectivity index (χ2n) is 10.7. The van der Waals surface area contributed by atoms with Crippen LogP contribution in [0.4, 0.5) is 0 Å². The van der Waals surface area contributed by atoms with Crippen LogP contribution in [0.2, 0.25) is 0 Å². The van der Waals surface area contributed by atoms with Crippen molar-refractivity contribution in [1.82, 2.24) is 0 Å². The molecule has 0 aromatic heterocycles. The van der Waals surface area contributed by atoms with Crippen molar-refractivity contribution >= 4 is 5.97 Å². The Balaban J connectivity index is 1.28. The zero-order valence-electron chi connectivity index (χ0n) is 20.3. The van der Waals surface area contributed by atoms with Crippen molar-refractivity contribution in [2.24, 2.45) is 35.5 Å². The third-order valence-electron chi connectivity index (χ3n) is 8.74. The predicted molar refractivity (Wildman–Crippen MR) is 134 cm³/mol. The lowest BCUT2D eigenvalue weighted by Gasteiger charge is -2.46. The van der Waals surface area contributed by atoms with E-state index in [4.69, 9.17) is 9.47 Å². The van der Waals surface area contributed by atoms with Crippen LogP contribution in [0, 0.1) is 35.5 Å². The number of allylic oxidation sites excluding steroid dienone is 1. The van der Waals surface area contributed by atoms with E-state index in [0.717, 1.165) is 36.3 Å². The van der Waals surface area contributed by atoms with Crippen LogP contribution in [-0.4, -0.2) is 12.6 Å². The summed E-state index contributed by atoms with van der Waals surface area (Å²) in [4.78, 5) is 13.1. The molecule has 33 heavy (non-hydrogen) atoms. The molecule has 3 nitrogen and oxygen atoms in total. The number of carbonyl (C=O) groups excluding carboxylic acids is 1. The molecule has 0 amide bonds. The van der Waals surface area contributed by atoms with Gasteiger partial charge in [0.15, 0.2) is 0 Å². The molecule has 4 rings (SSSR count). The van der Waals surface area contributed by atoms with Crippen LogP contribution in [0.3, 0.4) is 0 Å². The molecule has 3 saturated carbocycles. The quantitative estimate of drug-likeness (QED) is 0.219. The molecule has 3 aliphatic rings. The zero-order chi connectivity index (χ0) is 23.0. The maximum absolute atomic E-state index is 13.1. The van der Waals surface area contributed by atoms with Crippen LogP contribution in [0.5, 0.6) is 11.5 Å². The Morgan fingerprint density at radius 3 is 2.30 bits per heavy atom. The van der Waals surface area contributed by atoms with Crippen LogP contribution >= 0.6 is 0 Å². The number of hydrogen-bond acceptors (Lipinski definition) is 3. The molecule has 0 saturated heterocycles. The number of rotatable bonds is 9. The van der Waals surface area contributed by atoms with Gasteiger partial charge in [0.1, 0.15) is 18.1 Å². The van der Waals surface area contributed by atoms with E-state index in [0.29, 0.717) is 24.2 Å². The third kappa shape index (κ3) is 6.31. The van der Waals surface area contributed by atoms with Gasteiger partial charge in [-0.3, -0.25) is 4.79 Å². The van der Waals surface area contributed by atoms with Crippen molar-refractivity contribution in [3.63, 3.8) is 0 Å². The Kier molecular flexibility index (Phi) is 8.69. The summed E-state index contributed by atoms with van der Waals surface area (Å²) in [5.74, 6) is 5.37. The van der Waals surface area contributed by atoms with Gasteiger partial charge in [0.05, 0.1) is 5.92 Å². The lowest BCUT2D eigenvalue weighted by atomic mass is 9.59. The molecular formula is C30H42O3. The third-order valence-corrected chi connectivity index (χ3v) is 8.74. The van der Waals surface area contributed by atoms with Crippen LogP contribution in [0.15, 0.2) is 49.6 Å². The van der Waals surface area contributed by atoms with E-state index < -0.39 is 0 Å². The first-order chi connectivity index (χ1) is 16.2. The number of benzene rings is 1. The van der Waals surface area contributed by atoms with Gasteiger partial charge in [0.2, 0.25) is 0 Å². The molecule has 0 heterocycles. The number of esters is 1. The molecule has 0 N–H and O–H groups in total. The molecule has 4 unspecified atom stereocenters. The molecule has 0 radical (unpaired) electrons. The van der Waals surface area contributed by atoms with Gasteiger partial charge in [-0.25, -0.2) is 0 Å². The molecule has 0 bridgehead atoms. The van der Waals surface area contributed by atoms with Crippen LogP contribution in [0.25, 0.3) is 0 Å². The monoisotopic (exact) mass is 450 g/mol. The molecule has 180 valence electrons. The largest absolute Gasteiger partial charge is 0.490 e. The Labute approximate surface area is 200 Å². The molecule has 0 aliphatic heterocycles. The van der Waals surface area contributed by atoms with E-state index >= 15 is 0 Å². The van der Waals surface area contributed by atoms with E-state index in [2.05, 4.69) is 19.2 Å². The fourth-order valence-corrected chi connectivity index (χ4v) is 6.97. The Bertz CT molecular complexity index is 774. The van der Waals surface area contributed by atoms with Gasteiger partial charge >= 0.3 is 5.97 Å². The SMILES string of the molecule is C=CCCC1CCC(C2CCC3C(CCCC3C(=O)Oc3ccc(OCC=C)cc3)C2)CC1.